The molecule has 0 radical (unpaired) electrons. The Morgan fingerprint density at radius 1 is 1.21 bits per heavy atom. The number of halogens is 3. The van der Waals surface area contributed by atoms with Crippen molar-refractivity contribution in [3.63, 3.8) is 0 Å². The second-order valence-electron chi connectivity index (χ2n) is 4.01. The van der Waals surface area contributed by atoms with Crippen LogP contribution < -0.4 is 0 Å². The molecule has 1 fully saturated rings. The fourth-order valence-corrected chi connectivity index (χ4v) is 1.87. The summed E-state index contributed by atoms with van der Waals surface area (Å²) in [5.74, 6) is -1.06. The van der Waals surface area contributed by atoms with E-state index in [1.807, 2.05) is 0 Å². The fourth-order valence-electron chi connectivity index (χ4n) is 1.87. The molecule has 0 aliphatic carbocycles. The van der Waals surface area contributed by atoms with E-state index >= 15 is 0 Å². The van der Waals surface area contributed by atoms with E-state index in [0.29, 0.717) is 13.1 Å². The lowest BCUT2D eigenvalue weighted by Crippen LogP contribution is -2.39. The van der Waals surface area contributed by atoms with Crippen molar-refractivity contribution in [1.29, 1.82) is 0 Å². The second kappa shape index (κ2) is 5.01. The summed E-state index contributed by atoms with van der Waals surface area (Å²) in [6, 6.07) is 0. The molecule has 0 atom stereocenters. The van der Waals surface area contributed by atoms with Gasteiger partial charge in [-0.2, -0.15) is 13.2 Å². The van der Waals surface area contributed by atoms with Crippen molar-refractivity contribution in [1.82, 2.24) is 4.90 Å². The summed E-state index contributed by atoms with van der Waals surface area (Å²) in [6.45, 7) is 4.29. The number of nitrogens with zero attached hydrogens (tertiary/aromatic N) is 1. The SMILES string of the molecule is CCCCN1CCC(C(F)(F)F)CC1. The predicted octanol–water partition coefficient (Wildman–Crippen LogP) is 3.06. The molecule has 1 rings (SSSR count). The van der Waals surface area contributed by atoms with Crippen LogP contribution in [0.1, 0.15) is 32.6 Å². The van der Waals surface area contributed by atoms with E-state index in [-0.39, 0.29) is 12.8 Å². The van der Waals surface area contributed by atoms with Gasteiger partial charge in [0, 0.05) is 0 Å². The molecule has 84 valence electrons. The van der Waals surface area contributed by atoms with Crippen LogP contribution in [0.4, 0.5) is 13.2 Å². The molecule has 1 saturated heterocycles. The highest BCUT2D eigenvalue weighted by molar-refractivity contribution is 4.76. The number of hydrogen-bond donors (Lipinski definition) is 0. The summed E-state index contributed by atoms with van der Waals surface area (Å²) < 4.78 is 36.9. The van der Waals surface area contributed by atoms with Gasteiger partial charge in [0.2, 0.25) is 0 Å². The first-order chi connectivity index (χ1) is 6.54. The lowest BCUT2D eigenvalue weighted by molar-refractivity contribution is -0.185. The Hall–Kier alpha value is -0.250. The van der Waals surface area contributed by atoms with Gasteiger partial charge in [-0.05, 0) is 38.9 Å². The molecule has 14 heavy (non-hydrogen) atoms. The van der Waals surface area contributed by atoms with Crippen LogP contribution in [0, 0.1) is 5.92 Å². The number of unbranched alkanes of at least 4 members (excludes halogenated alkanes) is 1. The topological polar surface area (TPSA) is 3.24 Å². The van der Waals surface area contributed by atoms with Crippen LogP contribution >= 0.6 is 0 Å². The van der Waals surface area contributed by atoms with Gasteiger partial charge < -0.3 is 4.90 Å². The zero-order valence-electron chi connectivity index (χ0n) is 8.61. The van der Waals surface area contributed by atoms with Crippen molar-refractivity contribution >= 4 is 0 Å². The Kier molecular flexibility index (Phi) is 4.23. The Balaban J connectivity index is 2.24. The highest BCUT2D eigenvalue weighted by atomic mass is 19.4. The molecule has 0 unspecified atom stereocenters. The zero-order chi connectivity index (χ0) is 10.6. The lowest BCUT2D eigenvalue weighted by atomic mass is 9.96. The number of alkyl halides is 3. The quantitative estimate of drug-likeness (QED) is 0.690. The molecule has 0 saturated carbocycles. The largest absolute Gasteiger partial charge is 0.391 e. The van der Waals surface area contributed by atoms with E-state index in [0.717, 1.165) is 19.4 Å². The van der Waals surface area contributed by atoms with Gasteiger partial charge in [0.05, 0.1) is 5.92 Å². The lowest BCUT2D eigenvalue weighted by Gasteiger charge is -2.32. The maximum atomic E-state index is 12.3. The highest BCUT2D eigenvalue weighted by Gasteiger charge is 2.40. The average molecular weight is 209 g/mol. The monoisotopic (exact) mass is 209 g/mol. The minimum atomic E-state index is -3.98. The van der Waals surface area contributed by atoms with Gasteiger partial charge in [0.25, 0.3) is 0 Å². The smallest absolute Gasteiger partial charge is 0.303 e. The van der Waals surface area contributed by atoms with Crippen LogP contribution in [0.5, 0.6) is 0 Å². The molecule has 0 N–H and O–H groups in total. The molecule has 0 amide bonds. The summed E-state index contributed by atoms with van der Waals surface area (Å²) in [4.78, 5) is 2.14. The van der Waals surface area contributed by atoms with E-state index in [9.17, 15) is 13.2 Å². The maximum Gasteiger partial charge on any atom is 0.391 e. The van der Waals surface area contributed by atoms with Crippen molar-refractivity contribution in [2.24, 2.45) is 5.92 Å². The highest BCUT2D eigenvalue weighted by Crippen LogP contribution is 2.33. The Bertz CT molecular complexity index is 159. The first-order valence-corrected chi connectivity index (χ1v) is 5.33. The number of hydrogen-bond acceptors (Lipinski definition) is 1. The van der Waals surface area contributed by atoms with Gasteiger partial charge in [0.15, 0.2) is 0 Å². The molecule has 4 heteroatoms. The molecule has 0 aromatic rings. The molecule has 0 spiro atoms. The molecule has 0 aromatic carbocycles. The van der Waals surface area contributed by atoms with E-state index in [1.54, 1.807) is 0 Å². The molecule has 0 aromatic heterocycles. The summed E-state index contributed by atoms with van der Waals surface area (Å²) in [6.07, 6.45) is -1.20. The van der Waals surface area contributed by atoms with Crippen LogP contribution in [0.2, 0.25) is 0 Å². The van der Waals surface area contributed by atoms with Gasteiger partial charge in [-0.1, -0.05) is 13.3 Å². The van der Waals surface area contributed by atoms with Crippen molar-refractivity contribution < 1.29 is 13.2 Å². The van der Waals surface area contributed by atoms with Crippen LogP contribution in [0.3, 0.4) is 0 Å². The average Bonchev–Trinajstić information content (AvgIpc) is 2.14. The zero-order valence-corrected chi connectivity index (χ0v) is 8.61. The van der Waals surface area contributed by atoms with Gasteiger partial charge in [-0.3, -0.25) is 0 Å². The van der Waals surface area contributed by atoms with Crippen LogP contribution in [0.15, 0.2) is 0 Å². The van der Waals surface area contributed by atoms with E-state index in [1.165, 1.54) is 0 Å². The van der Waals surface area contributed by atoms with Gasteiger partial charge in [-0.15, -0.1) is 0 Å². The Labute approximate surface area is 83.3 Å². The third-order valence-corrected chi connectivity index (χ3v) is 2.88. The Morgan fingerprint density at radius 2 is 1.79 bits per heavy atom. The third kappa shape index (κ3) is 3.48. The van der Waals surface area contributed by atoms with Crippen molar-refractivity contribution in [2.45, 2.75) is 38.8 Å². The summed E-state index contributed by atoms with van der Waals surface area (Å²) >= 11 is 0. The normalized spacial score (nSPS) is 21.4. The molecule has 1 heterocycles. The molecule has 1 nitrogen and oxygen atoms in total. The predicted molar refractivity (Wildman–Crippen MR) is 50.1 cm³/mol. The van der Waals surface area contributed by atoms with Crippen LogP contribution in [-0.4, -0.2) is 30.7 Å². The number of likely N-dealkylation sites (tertiary alicyclic amines) is 1. The van der Waals surface area contributed by atoms with Gasteiger partial charge >= 0.3 is 6.18 Å². The molecule has 0 bridgehead atoms. The molecule has 1 aliphatic heterocycles. The second-order valence-corrected chi connectivity index (χ2v) is 4.01. The van der Waals surface area contributed by atoms with Crippen LogP contribution in [-0.2, 0) is 0 Å². The number of rotatable bonds is 3. The van der Waals surface area contributed by atoms with Gasteiger partial charge in [-0.25, -0.2) is 0 Å². The third-order valence-electron chi connectivity index (χ3n) is 2.88. The first-order valence-electron chi connectivity index (χ1n) is 5.33. The van der Waals surface area contributed by atoms with Crippen molar-refractivity contribution in [3.8, 4) is 0 Å². The van der Waals surface area contributed by atoms with E-state index in [4.69, 9.17) is 0 Å². The minimum absolute atomic E-state index is 0.285. The maximum absolute atomic E-state index is 12.3. The van der Waals surface area contributed by atoms with Crippen molar-refractivity contribution in [2.75, 3.05) is 19.6 Å². The summed E-state index contributed by atoms with van der Waals surface area (Å²) in [7, 11) is 0. The molecule has 1 aliphatic rings. The summed E-state index contributed by atoms with van der Waals surface area (Å²) in [5.41, 5.74) is 0. The van der Waals surface area contributed by atoms with Crippen LogP contribution in [0.25, 0.3) is 0 Å². The molecular weight excluding hydrogens is 191 g/mol. The van der Waals surface area contributed by atoms with E-state index < -0.39 is 12.1 Å². The van der Waals surface area contributed by atoms with E-state index in [2.05, 4.69) is 11.8 Å². The van der Waals surface area contributed by atoms with Crippen molar-refractivity contribution in [3.05, 3.63) is 0 Å². The Morgan fingerprint density at radius 3 is 2.21 bits per heavy atom. The fraction of sp³-hybridized carbons (Fsp3) is 1.00. The molecular formula is C10H18F3N. The van der Waals surface area contributed by atoms with Gasteiger partial charge in [0.1, 0.15) is 0 Å². The minimum Gasteiger partial charge on any atom is -0.303 e. The first kappa shape index (κ1) is 11.8. The standard InChI is InChI=1S/C10H18F3N/c1-2-3-6-14-7-4-9(5-8-14)10(11,12)13/h9H,2-8H2,1H3. The summed E-state index contributed by atoms with van der Waals surface area (Å²) in [5, 5.41) is 0. The number of piperidine rings is 1.